The van der Waals surface area contributed by atoms with Crippen molar-refractivity contribution in [1.82, 2.24) is 5.32 Å². The summed E-state index contributed by atoms with van der Waals surface area (Å²) in [5.74, 6) is 0. The molecule has 2 atom stereocenters. The first-order valence-electron chi connectivity index (χ1n) is 7.16. The fourth-order valence-electron chi connectivity index (χ4n) is 1.67. The Bertz CT molecular complexity index is 312. The summed E-state index contributed by atoms with van der Waals surface area (Å²) < 4.78 is 15.7. The molecule has 0 fully saturated rings. The van der Waals surface area contributed by atoms with Crippen LogP contribution in [0.2, 0.25) is 0 Å². The number of carbonyl (C=O) groups excluding carboxylic acids is 1. The molecule has 0 aliphatic carbocycles. The minimum absolute atomic E-state index is 0.0231. The number of rotatable bonds is 9. The number of allylic oxidation sites excluding steroid dienone is 1. The third kappa shape index (κ3) is 11.2. The van der Waals surface area contributed by atoms with Crippen LogP contribution in [0.25, 0.3) is 0 Å². The molecule has 2 N–H and O–H groups in total. The van der Waals surface area contributed by atoms with Crippen LogP contribution < -0.4 is 5.32 Å². The SMILES string of the molecule is COCO[C@H](CC/C=C/CO)[C@@H](C)NC(=O)OC(C)(C)C. The zero-order valence-electron chi connectivity index (χ0n) is 13.7. The maximum Gasteiger partial charge on any atom is 0.407 e. The summed E-state index contributed by atoms with van der Waals surface area (Å²) in [6.45, 7) is 7.49. The van der Waals surface area contributed by atoms with Gasteiger partial charge in [0.25, 0.3) is 0 Å². The van der Waals surface area contributed by atoms with Gasteiger partial charge in [-0.1, -0.05) is 12.2 Å². The molecule has 0 aromatic carbocycles. The molecular weight excluding hydrogens is 274 g/mol. The van der Waals surface area contributed by atoms with Crippen molar-refractivity contribution >= 4 is 6.09 Å². The summed E-state index contributed by atoms with van der Waals surface area (Å²) in [5, 5.41) is 11.5. The van der Waals surface area contributed by atoms with Crippen LogP contribution in [-0.4, -0.2) is 49.5 Å². The molecule has 0 aromatic heterocycles. The van der Waals surface area contributed by atoms with Crippen LogP contribution in [0.1, 0.15) is 40.5 Å². The molecule has 0 aliphatic heterocycles. The normalized spacial score (nSPS) is 15.0. The highest BCUT2D eigenvalue weighted by Crippen LogP contribution is 2.11. The largest absolute Gasteiger partial charge is 0.444 e. The van der Waals surface area contributed by atoms with Crippen LogP contribution in [0.5, 0.6) is 0 Å². The topological polar surface area (TPSA) is 77.0 Å². The minimum atomic E-state index is -0.531. The van der Waals surface area contributed by atoms with Crippen molar-refractivity contribution in [2.24, 2.45) is 0 Å². The zero-order chi connectivity index (χ0) is 16.3. The first-order valence-corrected chi connectivity index (χ1v) is 7.16. The van der Waals surface area contributed by atoms with Gasteiger partial charge in [-0.3, -0.25) is 0 Å². The van der Waals surface area contributed by atoms with Gasteiger partial charge in [-0.15, -0.1) is 0 Å². The van der Waals surface area contributed by atoms with E-state index in [0.29, 0.717) is 6.42 Å². The zero-order valence-corrected chi connectivity index (χ0v) is 13.7. The van der Waals surface area contributed by atoms with Crippen molar-refractivity contribution in [3.63, 3.8) is 0 Å². The summed E-state index contributed by atoms with van der Waals surface area (Å²) in [6.07, 6.45) is 4.35. The van der Waals surface area contributed by atoms with Crippen molar-refractivity contribution in [3.05, 3.63) is 12.2 Å². The molecule has 0 saturated heterocycles. The Hall–Kier alpha value is -1.11. The van der Waals surface area contributed by atoms with Gasteiger partial charge < -0.3 is 24.6 Å². The molecule has 0 radical (unpaired) electrons. The average molecular weight is 303 g/mol. The van der Waals surface area contributed by atoms with E-state index in [2.05, 4.69) is 5.32 Å². The Morgan fingerprint density at radius 1 is 1.33 bits per heavy atom. The van der Waals surface area contributed by atoms with E-state index in [-0.39, 0.29) is 25.5 Å². The number of aliphatic hydroxyl groups is 1. The Labute approximate surface area is 127 Å². The summed E-state index contributed by atoms with van der Waals surface area (Å²) >= 11 is 0. The van der Waals surface area contributed by atoms with Gasteiger partial charge in [-0.25, -0.2) is 4.79 Å². The van der Waals surface area contributed by atoms with E-state index in [1.165, 1.54) is 0 Å². The molecule has 0 aromatic rings. The second-order valence-electron chi connectivity index (χ2n) is 5.78. The molecular formula is C15H29NO5. The van der Waals surface area contributed by atoms with Crippen LogP contribution >= 0.6 is 0 Å². The van der Waals surface area contributed by atoms with Crippen molar-refractivity contribution in [3.8, 4) is 0 Å². The van der Waals surface area contributed by atoms with E-state index < -0.39 is 11.7 Å². The highest BCUT2D eigenvalue weighted by atomic mass is 16.7. The maximum atomic E-state index is 11.8. The van der Waals surface area contributed by atoms with Gasteiger partial charge in [-0.2, -0.15) is 0 Å². The number of alkyl carbamates (subject to hydrolysis) is 1. The van der Waals surface area contributed by atoms with Crippen molar-refractivity contribution in [1.29, 1.82) is 0 Å². The Balaban J connectivity index is 4.38. The second kappa shape index (κ2) is 10.6. The molecule has 0 saturated carbocycles. The average Bonchev–Trinajstić information content (AvgIpc) is 2.35. The van der Waals surface area contributed by atoms with E-state index in [0.717, 1.165) is 6.42 Å². The van der Waals surface area contributed by atoms with Crippen molar-refractivity contribution in [2.75, 3.05) is 20.5 Å². The lowest BCUT2D eigenvalue weighted by Gasteiger charge is -2.26. The van der Waals surface area contributed by atoms with Gasteiger partial charge in [-0.05, 0) is 40.5 Å². The fourth-order valence-corrected chi connectivity index (χ4v) is 1.67. The van der Waals surface area contributed by atoms with E-state index in [1.807, 2.05) is 33.8 Å². The molecule has 6 heteroatoms. The van der Waals surface area contributed by atoms with Crippen LogP contribution in [0, 0.1) is 0 Å². The number of methoxy groups -OCH3 is 1. The summed E-state index contributed by atoms with van der Waals surface area (Å²) in [7, 11) is 1.55. The molecule has 6 nitrogen and oxygen atoms in total. The molecule has 0 bridgehead atoms. The van der Waals surface area contributed by atoms with Gasteiger partial charge in [0.1, 0.15) is 12.4 Å². The predicted octanol–water partition coefficient (Wildman–Crippen LogP) is 2.22. The number of aliphatic hydroxyl groups excluding tert-OH is 1. The summed E-state index contributed by atoms with van der Waals surface area (Å²) in [5.41, 5.74) is -0.531. The van der Waals surface area contributed by atoms with Crippen LogP contribution in [-0.2, 0) is 14.2 Å². The molecule has 0 unspecified atom stereocenters. The Morgan fingerprint density at radius 3 is 2.52 bits per heavy atom. The van der Waals surface area contributed by atoms with E-state index in [9.17, 15) is 4.79 Å². The second-order valence-corrected chi connectivity index (χ2v) is 5.78. The van der Waals surface area contributed by atoms with E-state index in [4.69, 9.17) is 19.3 Å². The summed E-state index contributed by atoms with van der Waals surface area (Å²) in [6, 6.07) is -0.211. The number of ether oxygens (including phenoxy) is 3. The van der Waals surface area contributed by atoms with Crippen LogP contribution in [0.4, 0.5) is 4.79 Å². The van der Waals surface area contributed by atoms with Crippen molar-refractivity contribution in [2.45, 2.75) is 58.3 Å². The summed E-state index contributed by atoms with van der Waals surface area (Å²) in [4.78, 5) is 11.8. The van der Waals surface area contributed by atoms with Gasteiger partial charge in [0, 0.05) is 7.11 Å². The Kier molecular flexibility index (Phi) is 10.0. The monoisotopic (exact) mass is 303 g/mol. The molecule has 124 valence electrons. The molecule has 0 spiro atoms. The lowest BCUT2D eigenvalue weighted by molar-refractivity contribution is -0.0837. The number of hydrogen-bond donors (Lipinski definition) is 2. The first-order chi connectivity index (χ1) is 9.80. The number of hydrogen-bond acceptors (Lipinski definition) is 5. The maximum absolute atomic E-state index is 11.8. The molecule has 0 rings (SSSR count). The van der Waals surface area contributed by atoms with E-state index in [1.54, 1.807) is 13.2 Å². The van der Waals surface area contributed by atoms with Gasteiger partial charge >= 0.3 is 6.09 Å². The highest BCUT2D eigenvalue weighted by molar-refractivity contribution is 5.68. The standard InChI is InChI=1S/C15H29NO5/c1-12(16-14(18)21-15(2,3)4)13(20-11-19-5)9-7-6-8-10-17/h6,8,12-13,17H,7,9-11H2,1-5H3,(H,16,18)/b8-6+/t12-,13-/m1/s1. The minimum Gasteiger partial charge on any atom is -0.444 e. The van der Waals surface area contributed by atoms with Crippen molar-refractivity contribution < 1.29 is 24.1 Å². The first kappa shape index (κ1) is 19.9. The van der Waals surface area contributed by atoms with Crippen LogP contribution in [0.15, 0.2) is 12.2 Å². The fraction of sp³-hybridized carbons (Fsp3) is 0.800. The number of amides is 1. The molecule has 1 amide bonds. The third-order valence-electron chi connectivity index (χ3n) is 2.59. The number of carbonyl (C=O) groups is 1. The third-order valence-corrected chi connectivity index (χ3v) is 2.59. The van der Waals surface area contributed by atoms with Gasteiger partial charge in [0.15, 0.2) is 0 Å². The van der Waals surface area contributed by atoms with Gasteiger partial charge in [0.2, 0.25) is 0 Å². The Morgan fingerprint density at radius 2 is 2.00 bits per heavy atom. The smallest absolute Gasteiger partial charge is 0.407 e. The lowest BCUT2D eigenvalue weighted by atomic mass is 10.1. The highest BCUT2D eigenvalue weighted by Gasteiger charge is 2.22. The molecule has 0 heterocycles. The lowest BCUT2D eigenvalue weighted by Crippen LogP contribution is -2.44. The number of nitrogens with one attached hydrogen (secondary N) is 1. The quantitative estimate of drug-likeness (QED) is 0.504. The molecule has 21 heavy (non-hydrogen) atoms. The molecule has 0 aliphatic rings. The predicted molar refractivity (Wildman–Crippen MR) is 81.0 cm³/mol. The van der Waals surface area contributed by atoms with E-state index >= 15 is 0 Å². The van der Waals surface area contributed by atoms with Gasteiger partial charge in [0.05, 0.1) is 18.8 Å². The van der Waals surface area contributed by atoms with Crippen LogP contribution in [0.3, 0.4) is 0 Å².